The molecule has 0 spiro atoms. The first-order valence-electron chi connectivity index (χ1n) is 14.0. The second-order valence-electron chi connectivity index (χ2n) is 12.2. The molecule has 0 unspecified atom stereocenters. The average Bonchev–Trinajstić information content (AvgIpc) is 3.70. The molecular weight excluding hydrogens is 497 g/mol. The van der Waals surface area contributed by atoms with E-state index in [-0.39, 0.29) is 35.8 Å². The number of carbonyl (C=O) groups is 2. The lowest BCUT2D eigenvalue weighted by atomic mass is 9.80. The smallest absolute Gasteiger partial charge is 0.410 e. The molecule has 1 aliphatic carbocycles. The van der Waals surface area contributed by atoms with Crippen molar-refractivity contribution in [3.05, 3.63) is 53.5 Å². The quantitative estimate of drug-likeness (QED) is 0.565. The molecule has 3 aliphatic rings. The molecule has 0 bridgehead atoms. The maximum atomic E-state index is 14.4. The molecule has 1 aromatic carbocycles. The number of amides is 2. The fourth-order valence-electron chi connectivity index (χ4n) is 5.99. The lowest BCUT2D eigenvalue weighted by molar-refractivity contribution is -0.117. The van der Waals surface area contributed by atoms with Crippen LogP contribution in [-0.4, -0.2) is 64.6 Å². The summed E-state index contributed by atoms with van der Waals surface area (Å²) in [6.45, 7) is 12.8. The third kappa shape index (κ3) is 6.19. The molecule has 5 rings (SSSR count). The van der Waals surface area contributed by atoms with Crippen molar-refractivity contribution in [2.45, 2.75) is 71.7 Å². The van der Waals surface area contributed by atoms with Gasteiger partial charge in [0, 0.05) is 62.9 Å². The Morgan fingerprint density at radius 1 is 1.10 bits per heavy atom. The SMILES string of the molecule is CC(=O)N1c2ccc(F)cc2[C@H](Nc2cccc(CN3CCN(C(=O)OC(C)(C)C)CC3)n2)[C@@H](C)[C@@H]1C1CC1. The highest BCUT2D eigenvalue weighted by atomic mass is 19.1. The normalized spacial score (nSPS) is 23.8. The number of fused-ring (bicyclic) bond motifs is 1. The van der Waals surface area contributed by atoms with Gasteiger partial charge < -0.3 is 19.9 Å². The number of benzene rings is 1. The maximum Gasteiger partial charge on any atom is 0.410 e. The van der Waals surface area contributed by atoms with E-state index in [4.69, 9.17) is 9.72 Å². The molecule has 1 saturated heterocycles. The van der Waals surface area contributed by atoms with Gasteiger partial charge in [-0.3, -0.25) is 9.69 Å². The third-order valence-corrected chi connectivity index (χ3v) is 7.91. The van der Waals surface area contributed by atoms with E-state index < -0.39 is 5.60 Å². The van der Waals surface area contributed by atoms with Gasteiger partial charge in [0.05, 0.1) is 11.7 Å². The summed E-state index contributed by atoms with van der Waals surface area (Å²) in [5.41, 5.74) is 2.00. The Bertz CT molecular complexity index is 1220. The van der Waals surface area contributed by atoms with Gasteiger partial charge >= 0.3 is 6.09 Å². The fourth-order valence-corrected chi connectivity index (χ4v) is 5.99. The lowest BCUT2D eigenvalue weighted by Gasteiger charge is -2.45. The molecule has 3 atom stereocenters. The summed E-state index contributed by atoms with van der Waals surface area (Å²) in [4.78, 5) is 35.9. The fraction of sp³-hybridized carbons (Fsp3) is 0.567. The Hall–Kier alpha value is -3.20. The predicted octanol–water partition coefficient (Wildman–Crippen LogP) is 5.21. The van der Waals surface area contributed by atoms with E-state index in [0.29, 0.717) is 25.6 Å². The monoisotopic (exact) mass is 537 g/mol. The molecule has 2 fully saturated rings. The Balaban J connectivity index is 1.29. The van der Waals surface area contributed by atoms with Crippen molar-refractivity contribution in [1.29, 1.82) is 0 Å². The zero-order valence-corrected chi connectivity index (χ0v) is 23.6. The van der Waals surface area contributed by atoms with Crippen LogP contribution in [0.15, 0.2) is 36.4 Å². The van der Waals surface area contributed by atoms with Crippen molar-refractivity contribution < 1.29 is 18.7 Å². The largest absolute Gasteiger partial charge is 0.444 e. The minimum atomic E-state index is -0.503. The number of carbonyl (C=O) groups excluding carboxylic acids is 2. The minimum absolute atomic E-state index is 0.00283. The number of rotatable bonds is 5. The van der Waals surface area contributed by atoms with Crippen LogP contribution in [0.2, 0.25) is 0 Å². The lowest BCUT2D eigenvalue weighted by Crippen LogP contribution is -2.51. The highest BCUT2D eigenvalue weighted by Gasteiger charge is 2.47. The third-order valence-electron chi connectivity index (χ3n) is 7.91. The van der Waals surface area contributed by atoms with Crippen LogP contribution in [0.1, 0.15) is 64.8 Å². The standard InChI is InChI=1S/C30H40FN5O3/c1-19-27(24-17-22(31)11-12-25(24)36(20(2)37)28(19)21-9-10-21)33-26-8-6-7-23(32-26)18-34-13-15-35(16-14-34)29(38)39-30(3,4)5/h6-8,11-12,17,19,21,27-28H,9-10,13-16,18H2,1-5H3,(H,32,33)/t19-,27-,28-/m1/s1. The highest BCUT2D eigenvalue weighted by Crippen LogP contribution is 2.50. The number of pyridine rings is 1. The van der Waals surface area contributed by atoms with E-state index in [1.807, 2.05) is 43.9 Å². The molecule has 1 saturated carbocycles. The van der Waals surface area contributed by atoms with Crippen molar-refractivity contribution in [2.75, 3.05) is 36.4 Å². The zero-order valence-electron chi connectivity index (χ0n) is 23.6. The van der Waals surface area contributed by atoms with Crippen molar-refractivity contribution >= 4 is 23.5 Å². The second-order valence-corrected chi connectivity index (χ2v) is 12.2. The number of piperazine rings is 1. The topological polar surface area (TPSA) is 78.0 Å². The Kier molecular flexibility index (Phi) is 7.55. The van der Waals surface area contributed by atoms with Gasteiger partial charge in [-0.15, -0.1) is 0 Å². The van der Waals surface area contributed by atoms with E-state index in [1.165, 1.54) is 6.07 Å². The molecule has 39 heavy (non-hydrogen) atoms. The summed E-state index contributed by atoms with van der Waals surface area (Å²) < 4.78 is 19.9. The van der Waals surface area contributed by atoms with Gasteiger partial charge in [-0.1, -0.05) is 13.0 Å². The number of nitrogens with one attached hydrogen (secondary N) is 1. The number of hydrogen-bond acceptors (Lipinski definition) is 6. The number of anilines is 2. The molecule has 3 heterocycles. The van der Waals surface area contributed by atoms with Gasteiger partial charge in [0.1, 0.15) is 17.2 Å². The van der Waals surface area contributed by atoms with E-state index in [1.54, 1.807) is 24.0 Å². The first-order valence-corrected chi connectivity index (χ1v) is 14.0. The number of ether oxygens (including phenoxy) is 1. The average molecular weight is 538 g/mol. The highest BCUT2D eigenvalue weighted by molar-refractivity contribution is 5.94. The van der Waals surface area contributed by atoms with Crippen LogP contribution >= 0.6 is 0 Å². The van der Waals surface area contributed by atoms with E-state index >= 15 is 0 Å². The van der Waals surface area contributed by atoms with Crippen molar-refractivity contribution in [2.24, 2.45) is 11.8 Å². The first-order chi connectivity index (χ1) is 18.5. The molecule has 210 valence electrons. The first kappa shape index (κ1) is 27.4. The molecule has 0 radical (unpaired) electrons. The Morgan fingerprint density at radius 3 is 2.46 bits per heavy atom. The van der Waals surface area contributed by atoms with Crippen LogP contribution < -0.4 is 10.2 Å². The van der Waals surface area contributed by atoms with Gasteiger partial charge in [-0.25, -0.2) is 14.2 Å². The molecule has 2 aromatic rings. The van der Waals surface area contributed by atoms with Crippen LogP contribution in [0.4, 0.5) is 20.7 Å². The summed E-state index contributed by atoms with van der Waals surface area (Å²) in [5, 5.41) is 3.60. The van der Waals surface area contributed by atoms with Crippen LogP contribution in [0.5, 0.6) is 0 Å². The van der Waals surface area contributed by atoms with E-state index in [2.05, 4.69) is 17.1 Å². The Morgan fingerprint density at radius 2 is 1.82 bits per heavy atom. The van der Waals surface area contributed by atoms with E-state index in [0.717, 1.165) is 48.7 Å². The van der Waals surface area contributed by atoms with Crippen molar-refractivity contribution in [1.82, 2.24) is 14.8 Å². The molecular formula is C30H40FN5O3. The van der Waals surface area contributed by atoms with Gasteiger partial charge in [0.15, 0.2) is 0 Å². The number of nitrogens with zero attached hydrogens (tertiary/aromatic N) is 4. The summed E-state index contributed by atoms with van der Waals surface area (Å²) in [6.07, 6.45) is 1.95. The molecule has 1 N–H and O–H groups in total. The molecule has 2 amide bonds. The zero-order chi connectivity index (χ0) is 27.9. The summed E-state index contributed by atoms with van der Waals surface area (Å²) in [7, 11) is 0. The molecule has 9 heteroatoms. The summed E-state index contributed by atoms with van der Waals surface area (Å²) in [6, 6.07) is 10.6. The Labute approximate surface area is 230 Å². The summed E-state index contributed by atoms with van der Waals surface area (Å²) in [5.74, 6) is 0.968. The molecule has 1 aromatic heterocycles. The van der Waals surface area contributed by atoms with Crippen molar-refractivity contribution in [3.63, 3.8) is 0 Å². The van der Waals surface area contributed by atoms with Crippen LogP contribution in [0.3, 0.4) is 0 Å². The molecule has 2 aliphatic heterocycles. The van der Waals surface area contributed by atoms with Crippen molar-refractivity contribution in [3.8, 4) is 0 Å². The van der Waals surface area contributed by atoms with Gasteiger partial charge in [0.25, 0.3) is 0 Å². The van der Waals surface area contributed by atoms with Gasteiger partial charge in [0.2, 0.25) is 5.91 Å². The minimum Gasteiger partial charge on any atom is -0.444 e. The summed E-state index contributed by atoms with van der Waals surface area (Å²) >= 11 is 0. The second kappa shape index (κ2) is 10.8. The van der Waals surface area contributed by atoms with Crippen LogP contribution in [0, 0.1) is 17.7 Å². The van der Waals surface area contributed by atoms with Crippen LogP contribution in [0.25, 0.3) is 0 Å². The number of hydrogen-bond donors (Lipinski definition) is 1. The predicted molar refractivity (Wildman–Crippen MR) is 149 cm³/mol. The number of halogens is 1. The van der Waals surface area contributed by atoms with Gasteiger partial charge in [-0.05, 0) is 69.9 Å². The van der Waals surface area contributed by atoms with E-state index in [9.17, 15) is 14.0 Å². The molecule has 8 nitrogen and oxygen atoms in total. The maximum absolute atomic E-state index is 14.4. The van der Waals surface area contributed by atoms with Gasteiger partial charge in [-0.2, -0.15) is 0 Å². The number of aromatic nitrogens is 1. The van der Waals surface area contributed by atoms with Crippen LogP contribution in [-0.2, 0) is 16.1 Å².